The van der Waals surface area contributed by atoms with Gasteiger partial charge in [0.05, 0.1) is 19.3 Å². The lowest BCUT2D eigenvalue weighted by molar-refractivity contribution is -0.136. The number of benzene rings is 1. The van der Waals surface area contributed by atoms with Gasteiger partial charge in [-0.1, -0.05) is 26.0 Å². The number of carbonyl (C=O) groups is 1. The summed E-state index contributed by atoms with van der Waals surface area (Å²) in [5.74, 6) is 1.18. The van der Waals surface area contributed by atoms with E-state index in [1.165, 1.54) is 0 Å². The summed E-state index contributed by atoms with van der Waals surface area (Å²) in [6.45, 7) is 8.21. The SMILES string of the molecule is COc1cccc(-c2csc(CN3CCN(C(=O)C(C)C)CC3)n2)c1. The molecule has 1 aliphatic rings. The second-order valence-corrected chi connectivity index (χ2v) is 7.56. The molecule has 25 heavy (non-hydrogen) atoms. The van der Waals surface area contributed by atoms with Crippen molar-refractivity contribution in [1.82, 2.24) is 14.8 Å². The average Bonchev–Trinajstić information content (AvgIpc) is 3.10. The maximum absolute atomic E-state index is 12.1. The van der Waals surface area contributed by atoms with Crippen molar-refractivity contribution < 1.29 is 9.53 Å². The van der Waals surface area contributed by atoms with Crippen molar-refractivity contribution in [3.63, 3.8) is 0 Å². The molecule has 1 fully saturated rings. The number of nitrogens with zero attached hydrogens (tertiary/aromatic N) is 3. The van der Waals surface area contributed by atoms with Gasteiger partial charge in [-0.2, -0.15) is 0 Å². The Balaban J connectivity index is 1.58. The highest BCUT2D eigenvalue weighted by atomic mass is 32.1. The molecule has 6 heteroatoms. The van der Waals surface area contributed by atoms with Gasteiger partial charge in [-0.3, -0.25) is 9.69 Å². The van der Waals surface area contributed by atoms with Gasteiger partial charge in [0.25, 0.3) is 0 Å². The third-order valence-corrected chi connectivity index (χ3v) is 5.29. The third kappa shape index (κ3) is 4.38. The fourth-order valence-electron chi connectivity index (χ4n) is 2.98. The highest BCUT2D eigenvalue weighted by Gasteiger charge is 2.23. The minimum absolute atomic E-state index is 0.0796. The topological polar surface area (TPSA) is 45.7 Å². The fraction of sp³-hybridized carbons (Fsp3) is 0.474. The molecule has 134 valence electrons. The minimum Gasteiger partial charge on any atom is -0.497 e. The number of hydrogen-bond donors (Lipinski definition) is 0. The second kappa shape index (κ2) is 7.97. The van der Waals surface area contributed by atoms with Gasteiger partial charge in [0.2, 0.25) is 5.91 Å². The Morgan fingerprint density at radius 1 is 1.28 bits per heavy atom. The van der Waals surface area contributed by atoms with Crippen LogP contribution in [0.15, 0.2) is 29.6 Å². The first-order valence-electron chi connectivity index (χ1n) is 8.67. The van der Waals surface area contributed by atoms with Gasteiger partial charge in [0, 0.05) is 43.0 Å². The number of piperazine rings is 1. The van der Waals surface area contributed by atoms with Crippen LogP contribution in [-0.4, -0.2) is 54.0 Å². The van der Waals surface area contributed by atoms with E-state index in [0.717, 1.165) is 54.7 Å². The van der Waals surface area contributed by atoms with Crippen molar-refractivity contribution in [3.8, 4) is 17.0 Å². The van der Waals surface area contributed by atoms with Crippen molar-refractivity contribution in [2.75, 3.05) is 33.3 Å². The van der Waals surface area contributed by atoms with E-state index < -0.39 is 0 Å². The molecule has 3 rings (SSSR count). The third-order valence-electron chi connectivity index (χ3n) is 4.45. The van der Waals surface area contributed by atoms with Crippen LogP contribution in [0.2, 0.25) is 0 Å². The van der Waals surface area contributed by atoms with Crippen LogP contribution in [0.5, 0.6) is 5.75 Å². The number of hydrogen-bond acceptors (Lipinski definition) is 5. The molecule has 1 aromatic carbocycles. The van der Waals surface area contributed by atoms with E-state index in [-0.39, 0.29) is 11.8 Å². The van der Waals surface area contributed by atoms with Crippen molar-refractivity contribution in [2.24, 2.45) is 5.92 Å². The number of rotatable bonds is 5. The summed E-state index contributed by atoms with van der Waals surface area (Å²) in [4.78, 5) is 21.2. The number of methoxy groups -OCH3 is 1. The Labute approximate surface area is 153 Å². The molecule has 0 atom stereocenters. The smallest absolute Gasteiger partial charge is 0.225 e. The summed E-state index contributed by atoms with van der Waals surface area (Å²) in [5, 5.41) is 3.21. The zero-order valence-corrected chi connectivity index (χ0v) is 15.9. The number of ether oxygens (including phenoxy) is 1. The van der Waals surface area contributed by atoms with E-state index in [2.05, 4.69) is 16.3 Å². The van der Waals surface area contributed by atoms with Crippen LogP contribution in [0.3, 0.4) is 0 Å². The molecule has 0 unspecified atom stereocenters. The molecule has 2 aromatic rings. The van der Waals surface area contributed by atoms with Gasteiger partial charge >= 0.3 is 0 Å². The zero-order valence-electron chi connectivity index (χ0n) is 15.1. The van der Waals surface area contributed by atoms with Crippen LogP contribution in [0, 0.1) is 5.92 Å². The summed E-state index contributed by atoms with van der Waals surface area (Å²) < 4.78 is 5.29. The summed E-state index contributed by atoms with van der Waals surface area (Å²) in [6, 6.07) is 7.99. The predicted octanol–water partition coefficient (Wildman–Crippen LogP) is 3.12. The van der Waals surface area contributed by atoms with Crippen LogP contribution < -0.4 is 4.74 Å². The molecule has 1 aliphatic heterocycles. The molecule has 1 saturated heterocycles. The lowest BCUT2D eigenvalue weighted by Gasteiger charge is -2.35. The number of aromatic nitrogens is 1. The van der Waals surface area contributed by atoms with Gasteiger partial charge in [-0.05, 0) is 12.1 Å². The second-order valence-electron chi connectivity index (χ2n) is 6.61. The number of carbonyl (C=O) groups excluding carboxylic acids is 1. The van der Waals surface area contributed by atoms with Gasteiger partial charge in [0.15, 0.2) is 0 Å². The van der Waals surface area contributed by atoms with Crippen molar-refractivity contribution >= 4 is 17.2 Å². The standard InChI is InChI=1S/C19H25N3O2S/c1-14(2)19(23)22-9-7-21(8-10-22)12-18-20-17(13-25-18)15-5-4-6-16(11-15)24-3/h4-6,11,13-14H,7-10,12H2,1-3H3. The summed E-state index contributed by atoms with van der Waals surface area (Å²) >= 11 is 1.69. The van der Waals surface area contributed by atoms with Crippen LogP contribution in [0.25, 0.3) is 11.3 Å². The van der Waals surface area contributed by atoms with Gasteiger partial charge in [-0.25, -0.2) is 4.98 Å². The molecule has 5 nitrogen and oxygen atoms in total. The van der Waals surface area contributed by atoms with E-state index in [4.69, 9.17) is 9.72 Å². The van der Waals surface area contributed by atoms with Gasteiger partial charge in [0.1, 0.15) is 10.8 Å². The molecule has 2 heterocycles. The Bertz CT molecular complexity index is 721. The normalized spacial score (nSPS) is 15.6. The van der Waals surface area contributed by atoms with Crippen molar-refractivity contribution in [2.45, 2.75) is 20.4 Å². The van der Waals surface area contributed by atoms with Gasteiger partial charge in [-0.15, -0.1) is 11.3 Å². The first-order chi connectivity index (χ1) is 12.1. The first kappa shape index (κ1) is 17.9. The van der Waals surface area contributed by atoms with Crippen molar-refractivity contribution in [3.05, 3.63) is 34.7 Å². The van der Waals surface area contributed by atoms with Crippen LogP contribution in [0.1, 0.15) is 18.9 Å². The lowest BCUT2D eigenvalue weighted by Crippen LogP contribution is -2.49. The highest BCUT2D eigenvalue weighted by Crippen LogP contribution is 2.26. The summed E-state index contributed by atoms with van der Waals surface area (Å²) in [6.07, 6.45) is 0. The van der Waals surface area contributed by atoms with E-state index in [9.17, 15) is 4.79 Å². The molecular weight excluding hydrogens is 334 g/mol. The molecule has 0 radical (unpaired) electrons. The Morgan fingerprint density at radius 3 is 2.72 bits per heavy atom. The van der Waals surface area contributed by atoms with E-state index in [1.807, 2.05) is 36.9 Å². The molecule has 1 amide bonds. The largest absolute Gasteiger partial charge is 0.497 e. The maximum atomic E-state index is 12.1. The van der Waals surface area contributed by atoms with Crippen LogP contribution >= 0.6 is 11.3 Å². The molecule has 1 aromatic heterocycles. The highest BCUT2D eigenvalue weighted by molar-refractivity contribution is 7.09. The maximum Gasteiger partial charge on any atom is 0.225 e. The number of thiazole rings is 1. The Kier molecular flexibility index (Phi) is 5.71. The molecule has 0 bridgehead atoms. The quantitative estimate of drug-likeness (QED) is 0.823. The average molecular weight is 359 g/mol. The Hall–Kier alpha value is -1.92. The molecule has 0 N–H and O–H groups in total. The first-order valence-corrected chi connectivity index (χ1v) is 9.54. The van der Waals surface area contributed by atoms with Crippen LogP contribution in [0.4, 0.5) is 0 Å². The zero-order chi connectivity index (χ0) is 17.8. The molecular formula is C19H25N3O2S. The number of amides is 1. The van der Waals surface area contributed by atoms with E-state index in [0.29, 0.717) is 0 Å². The van der Waals surface area contributed by atoms with Crippen molar-refractivity contribution in [1.29, 1.82) is 0 Å². The predicted molar refractivity (Wildman–Crippen MR) is 101 cm³/mol. The summed E-state index contributed by atoms with van der Waals surface area (Å²) in [7, 11) is 1.68. The Morgan fingerprint density at radius 2 is 2.04 bits per heavy atom. The van der Waals surface area contributed by atoms with E-state index in [1.54, 1.807) is 18.4 Å². The minimum atomic E-state index is 0.0796. The monoisotopic (exact) mass is 359 g/mol. The molecule has 0 aliphatic carbocycles. The molecule has 0 spiro atoms. The molecule has 0 saturated carbocycles. The van der Waals surface area contributed by atoms with Crippen LogP contribution in [-0.2, 0) is 11.3 Å². The van der Waals surface area contributed by atoms with E-state index >= 15 is 0 Å². The lowest BCUT2D eigenvalue weighted by atomic mass is 10.1. The summed E-state index contributed by atoms with van der Waals surface area (Å²) in [5.41, 5.74) is 2.07. The van der Waals surface area contributed by atoms with Gasteiger partial charge < -0.3 is 9.64 Å². The fourth-order valence-corrected chi connectivity index (χ4v) is 3.83.